The summed E-state index contributed by atoms with van der Waals surface area (Å²) in [5, 5.41) is 0. The predicted octanol–water partition coefficient (Wildman–Crippen LogP) is 7.88. The first kappa shape index (κ1) is 32.4. The lowest BCUT2D eigenvalue weighted by atomic mass is 9.64. The van der Waals surface area contributed by atoms with E-state index in [1.807, 2.05) is 0 Å². The summed E-state index contributed by atoms with van der Waals surface area (Å²) >= 11 is 0. The molecule has 0 bridgehead atoms. The minimum Gasteiger partial charge on any atom is -0.399 e. The maximum Gasteiger partial charge on any atom is 0.494 e. The molecule has 2 fully saturated rings. The Kier molecular flexibility index (Phi) is 7.19. The number of benzene rings is 4. The zero-order valence-corrected chi connectivity index (χ0v) is 30.2. The van der Waals surface area contributed by atoms with E-state index in [0.717, 1.165) is 10.9 Å². The first-order valence-corrected chi connectivity index (χ1v) is 17.0. The largest absolute Gasteiger partial charge is 0.494 e. The standard InChI is InChI=1S/C41H48B2O4/c1-25-17-26(2)20-29(19-25)41(30-21-27(3)18-28(4)22-30)35-23-31(42-44-37(5,6)38(7,8)45-42)13-15-33(35)34-16-14-32(24-36(34)41)43-46-39(9,10)40(11,12)47-43/h13-24H,1-12H3. The SMILES string of the molecule is Cc1cc(C)cc(C2(c3cc(C)cc(C)c3)c3cc(B4OC(C)(C)C(C)(C)O4)ccc3-c3ccc(B4OC(C)(C)C(C)(C)O4)cc32)c1. The molecule has 3 aliphatic rings. The zero-order valence-electron chi connectivity index (χ0n) is 30.2. The van der Waals surface area contributed by atoms with Crippen LogP contribution < -0.4 is 10.9 Å². The lowest BCUT2D eigenvalue weighted by Crippen LogP contribution is -2.41. The van der Waals surface area contributed by atoms with Crippen LogP contribution in [0.1, 0.15) is 99.9 Å². The average Bonchev–Trinajstić information content (AvgIpc) is 3.46. The van der Waals surface area contributed by atoms with Crippen LogP contribution in [0.3, 0.4) is 0 Å². The fourth-order valence-corrected chi connectivity index (χ4v) is 7.78. The van der Waals surface area contributed by atoms with Crippen molar-refractivity contribution in [2.24, 2.45) is 0 Å². The second-order valence-electron chi connectivity index (χ2n) is 16.3. The molecule has 2 saturated heterocycles. The minimum absolute atomic E-state index is 0.435. The normalized spacial score (nSPS) is 21.2. The minimum atomic E-state index is -0.600. The third kappa shape index (κ3) is 4.90. The molecule has 2 aliphatic heterocycles. The Bertz CT molecular complexity index is 1710. The van der Waals surface area contributed by atoms with Crippen molar-refractivity contribution in [1.29, 1.82) is 0 Å². The van der Waals surface area contributed by atoms with Crippen LogP contribution in [-0.2, 0) is 24.0 Å². The van der Waals surface area contributed by atoms with Crippen molar-refractivity contribution >= 4 is 25.2 Å². The number of rotatable bonds is 4. The summed E-state index contributed by atoms with van der Waals surface area (Å²) in [6, 6.07) is 27.6. The summed E-state index contributed by atoms with van der Waals surface area (Å²) in [4.78, 5) is 0. The molecule has 0 N–H and O–H groups in total. The highest BCUT2D eigenvalue weighted by Crippen LogP contribution is 2.56. The van der Waals surface area contributed by atoms with Crippen LogP contribution in [0.4, 0.5) is 0 Å². The van der Waals surface area contributed by atoms with Crippen molar-refractivity contribution < 1.29 is 18.6 Å². The van der Waals surface area contributed by atoms with Gasteiger partial charge in [-0.05, 0) is 127 Å². The van der Waals surface area contributed by atoms with Gasteiger partial charge in [-0.25, -0.2) is 0 Å². The molecule has 4 aromatic carbocycles. The molecule has 0 unspecified atom stereocenters. The molecule has 242 valence electrons. The Morgan fingerprint density at radius 2 is 0.702 bits per heavy atom. The second-order valence-corrected chi connectivity index (χ2v) is 16.3. The van der Waals surface area contributed by atoms with Crippen molar-refractivity contribution in [3.05, 3.63) is 117 Å². The molecular weight excluding hydrogens is 578 g/mol. The topological polar surface area (TPSA) is 36.9 Å². The molecule has 47 heavy (non-hydrogen) atoms. The molecule has 4 nitrogen and oxygen atoms in total. The van der Waals surface area contributed by atoms with Gasteiger partial charge in [0.1, 0.15) is 0 Å². The highest BCUT2D eigenvalue weighted by atomic mass is 16.7. The molecule has 0 saturated carbocycles. The first-order chi connectivity index (χ1) is 21.8. The Hall–Kier alpha value is -3.15. The lowest BCUT2D eigenvalue weighted by molar-refractivity contribution is 0.00578. The first-order valence-electron chi connectivity index (χ1n) is 17.0. The van der Waals surface area contributed by atoms with Crippen LogP contribution in [0, 0.1) is 27.7 Å². The molecule has 0 aromatic heterocycles. The van der Waals surface area contributed by atoms with Gasteiger partial charge in [-0.3, -0.25) is 0 Å². The number of hydrogen-bond acceptors (Lipinski definition) is 4. The molecule has 4 aromatic rings. The van der Waals surface area contributed by atoms with E-state index in [2.05, 4.69) is 156 Å². The zero-order chi connectivity index (χ0) is 33.9. The van der Waals surface area contributed by atoms with Crippen LogP contribution in [0.2, 0.25) is 0 Å². The Balaban J connectivity index is 1.53. The quantitative estimate of drug-likeness (QED) is 0.190. The number of fused-ring (bicyclic) bond motifs is 3. The van der Waals surface area contributed by atoms with Gasteiger partial charge in [0.15, 0.2) is 0 Å². The maximum absolute atomic E-state index is 6.61. The van der Waals surface area contributed by atoms with E-state index in [4.69, 9.17) is 18.6 Å². The maximum atomic E-state index is 6.61. The Labute approximate surface area is 282 Å². The highest BCUT2D eigenvalue weighted by molar-refractivity contribution is 6.62. The smallest absolute Gasteiger partial charge is 0.399 e. The molecule has 7 rings (SSSR count). The van der Waals surface area contributed by atoms with Gasteiger partial charge in [0.25, 0.3) is 0 Å². The van der Waals surface area contributed by atoms with Crippen LogP contribution in [-0.4, -0.2) is 36.6 Å². The van der Waals surface area contributed by atoms with Gasteiger partial charge in [0.05, 0.1) is 27.8 Å². The average molecular weight is 626 g/mol. The third-order valence-electron chi connectivity index (χ3n) is 11.5. The fraction of sp³-hybridized carbons (Fsp3) is 0.415. The van der Waals surface area contributed by atoms with Crippen LogP contribution in [0.5, 0.6) is 0 Å². The van der Waals surface area contributed by atoms with Crippen molar-refractivity contribution in [1.82, 2.24) is 0 Å². The summed E-state index contributed by atoms with van der Waals surface area (Å²) < 4.78 is 26.5. The van der Waals surface area contributed by atoms with Crippen LogP contribution in [0.25, 0.3) is 11.1 Å². The van der Waals surface area contributed by atoms with Gasteiger partial charge in [-0.15, -0.1) is 0 Å². The predicted molar refractivity (Wildman–Crippen MR) is 194 cm³/mol. The van der Waals surface area contributed by atoms with E-state index >= 15 is 0 Å². The molecule has 2 heterocycles. The fourth-order valence-electron chi connectivity index (χ4n) is 7.78. The highest BCUT2D eigenvalue weighted by Gasteiger charge is 2.55. The number of aryl methyl sites for hydroxylation is 4. The van der Waals surface area contributed by atoms with E-state index in [9.17, 15) is 0 Å². The van der Waals surface area contributed by atoms with Crippen molar-refractivity contribution in [3.8, 4) is 11.1 Å². The molecule has 6 heteroatoms. The van der Waals surface area contributed by atoms with Gasteiger partial charge in [-0.2, -0.15) is 0 Å². The van der Waals surface area contributed by atoms with Gasteiger partial charge in [-0.1, -0.05) is 95.1 Å². The van der Waals surface area contributed by atoms with E-state index < -0.39 is 42.1 Å². The van der Waals surface area contributed by atoms with E-state index in [-0.39, 0.29) is 0 Å². The summed E-state index contributed by atoms with van der Waals surface area (Å²) in [5.74, 6) is 0. The summed E-state index contributed by atoms with van der Waals surface area (Å²) in [5.41, 5.74) is 12.1. The van der Waals surface area contributed by atoms with Crippen LogP contribution >= 0.6 is 0 Å². The van der Waals surface area contributed by atoms with Crippen molar-refractivity contribution in [3.63, 3.8) is 0 Å². The Morgan fingerprint density at radius 1 is 0.404 bits per heavy atom. The molecule has 0 spiro atoms. The van der Waals surface area contributed by atoms with Crippen molar-refractivity contribution in [2.45, 2.75) is 111 Å². The molecule has 1 aliphatic carbocycles. The molecular formula is C41H48B2O4. The summed E-state index contributed by atoms with van der Waals surface area (Å²) in [7, 11) is -0.934. The lowest BCUT2D eigenvalue weighted by Gasteiger charge is -2.35. The van der Waals surface area contributed by atoms with E-state index in [1.54, 1.807) is 0 Å². The van der Waals surface area contributed by atoms with Gasteiger partial charge in [0, 0.05) is 0 Å². The van der Waals surface area contributed by atoms with E-state index in [0.29, 0.717) is 0 Å². The summed E-state index contributed by atoms with van der Waals surface area (Å²) in [6.45, 7) is 25.7. The second kappa shape index (κ2) is 10.4. The summed E-state index contributed by atoms with van der Waals surface area (Å²) in [6.07, 6.45) is 0. The number of hydrogen-bond donors (Lipinski definition) is 0. The van der Waals surface area contributed by atoms with Crippen LogP contribution in [0.15, 0.2) is 72.8 Å². The van der Waals surface area contributed by atoms with Gasteiger partial charge < -0.3 is 18.6 Å². The molecule has 0 amide bonds. The third-order valence-corrected chi connectivity index (χ3v) is 11.5. The molecule has 0 atom stereocenters. The van der Waals surface area contributed by atoms with Crippen molar-refractivity contribution in [2.75, 3.05) is 0 Å². The Morgan fingerprint density at radius 3 is 1.00 bits per heavy atom. The van der Waals surface area contributed by atoms with Gasteiger partial charge in [0.2, 0.25) is 0 Å². The molecule has 0 radical (unpaired) electrons. The monoisotopic (exact) mass is 626 g/mol. The van der Waals surface area contributed by atoms with Gasteiger partial charge >= 0.3 is 14.2 Å². The van der Waals surface area contributed by atoms with E-state index in [1.165, 1.54) is 55.6 Å².